The van der Waals surface area contributed by atoms with E-state index in [4.69, 9.17) is 0 Å². The molecule has 0 atom stereocenters. The predicted octanol–water partition coefficient (Wildman–Crippen LogP) is -0.00550. The van der Waals surface area contributed by atoms with E-state index in [2.05, 4.69) is 15.6 Å². The number of hydrogen-bond donors (Lipinski definition) is 2. The second-order valence-corrected chi connectivity index (χ2v) is 6.01. The van der Waals surface area contributed by atoms with Gasteiger partial charge in [-0.1, -0.05) is 6.92 Å². The summed E-state index contributed by atoms with van der Waals surface area (Å²) in [5.41, 5.74) is 0. The number of sulfone groups is 1. The minimum Gasteiger partial charge on any atom is -0.355 e. The summed E-state index contributed by atoms with van der Waals surface area (Å²) in [5, 5.41) is 6.03. The SMILES string of the molecule is CCS(=O)(=O)CCNC(=NC)NC(C)C. The zero-order valence-electron chi connectivity index (χ0n) is 9.87. The van der Waals surface area contributed by atoms with Gasteiger partial charge < -0.3 is 10.6 Å². The number of hydrogen-bond acceptors (Lipinski definition) is 3. The average Bonchev–Trinajstić information content (AvgIpc) is 2.15. The van der Waals surface area contributed by atoms with Gasteiger partial charge in [-0.3, -0.25) is 4.99 Å². The molecule has 0 fully saturated rings. The molecule has 0 radical (unpaired) electrons. The third-order valence-corrected chi connectivity index (χ3v) is 3.50. The molecule has 90 valence electrons. The van der Waals surface area contributed by atoms with Crippen LogP contribution in [0.5, 0.6) is 0 Å². The van der Waals surface area contributed by atoms with E-state index in [1.807, 2.05) is 13.8 Å². The molecular formula is C9H21N3O2S. The summed E-state index contributed by atoms with van der Waals surface area (Å²) in [6.07, 6.45) is 0. The first-order valence-corrected chi connectivity index (χ1v) is 6.91. The summed E-state index contributed by atoms with van der Waals surface area (Å²) in [5.74, 6) is 0.962. The molecule has 15 heavy (non-hydrogen) atoms. The van der Waals surface area contributed by atoms with Crippen LogP contribution in [0.15, 0.2) is 4.99 Å². The number of rotatable bonds is 5. The quantitative estimate of drug-likeness (QED) is 0.519. The molecule has 0 bridgehead atoms. The van der Waals surface area contributed by atoms with Crippen LogP contribution in [0.1, 0.15) is 20.8 Å². The standard InChI is InChI=1S/C9H21N3O2S/c1-5-15(13,14)7-6-11-9(10-4)12-8(2)3/h8H,5-7H2,1-4H3,(H2,10,11,12). The Labute approximate surface area is 92.3 Å². The van der Waals surface area contributed by atoms with Gasteiger partial charge in [-0.2, -0.15) is 0 Å². The van der Waals surface area contributed by atoms with E-state index in [0.29, 0.717) is 12.5 Å². The Morgan fingerprint density at radius 2 is 2.00 bits per heavy atom. The van der Waals surface area contributed by atoms with E-state index in [9.17, 15) is 8.42 Å². The van der Waals surface area contributed by atoms with Crippen molar-refractivity contribution in [2.24, 2.45) is 4.99 Å². The van der Waals surface area contributed by atoms with E-state index in [-0.39, 0.29) is 17.5 Å². The zero-order chi connectivity index (χ0) is 11.9. The van der Waals surface area contributed by atoms with Crippen LogP contribution in [-0.4, -0.2) is 45.5 Å². The maximum Gasteiger partial charge on any atom is 0.191 e. The molecule has 0 aromatic rings. The van der Waals surface area contributed by atoms with Crippen molar-refractivity contribution >= 4 is 15.8 Å². The first kappa shape index (κ1) is 14.2. The summed E-state index contributed by atoms with van der Waals surface area (Å²) < 4.78 is 22.4. The molecule has 0 heterocycles. The van der Waals surface area contributed by atoms with Crippen LogP contribution in [0.25, 0.3) is 0 Å². The van der Waals surface area contributed by atoms with E-state index < -0.39 is 9.84 Å². The normalized spacial score (nSPS) is 13.0. The van der Waals surface area contributed by atoms with Crippen molar-refractivity contribution in [2.75, 3.05) is 25.1 Å². The van der Waals surface area contributed by atoms with Gasteiger partial charge >= 0.3 is 0 Å². The molecule has 0 aromatic heterocycles. The van der Waals surface area contributed by atoms with Crippen molar-refractivity contribution in [3.05, 3.63) is 0 Å². The third-order valence-electron chi connectivity index (χ3n) is 1.79. The fourth-order valence-corrected chi connectivity index (χ4v) is 1.64. The van der Waals surface area contributed by atoms with Gasteiger partial charge in [0.05, 0.1) is 5.75 Å². The van der Waals surface area contributed by atoms with Crippen LogP contribution in [-0.2, 0) is 9.84 Å². The van der Waals surface area contributed by atoms with Crippen LogP contribution >= 0.6 is 0 Å². The molecule has 0 aliphatic heterocycles. The Bertz CT molecular complexity index is 296. The maximum absolute atomic E-state index is 11.2. The van der Waals surface area contributed by atoms with Gasteiger partial charge in [0.2, 0.25) is 0 Å². The van der Waals surface area contributed by atoms with Crippen molar-refractivity contribution < 1.29 is 8.42 Å². The fourth-order valence-electron chi connectivity index (χ4n) is 0.937. The smallest absolute Gasteiger partial charge is 0.191 e. The monoisotopic (exact) mass is 235 g/mol. The predicted molar refractivity (Wildman–Crippen MR) is 64.0 cm³/mol. The maximum atomic E-state index is 11.2. The van der Waals surface area contributed by atoms with E-state index >= 15 is 0 Å². The molecular weight excluding hydrogens is 214 g/mol. The average molecular weight is 235 g/mol. The highest BCUT2D eigenvalue weighted by molar-refractivity contribution is 7.91. The van der Waals surface area contributed by atoms with Gasteiger partial charge in [0.1, 0.15) is 0 Å². The lowest BCUT2D eigenvalue weighted by atomic mass is 10.4. The fraction of sp³-hybridized carbons (Fsp3) is 0.889. The second-order valence-electron chi connectivity index (χ2n) is 3.53. The Hall–Kier alpha value is -0.780. The lowest BCUT2D eigenvalue weighted by molar-refractivity contribution is 0.595. The molecule has 0 amide bonds. The summed E-state index contributed by atoms with van der Waals surface area (Å²) in [4.78, 5) is 3.97. The number of nitrogens with one attached hydrogen (secondary N) is 2. The molecule has 0 aliphatic rings. The Morgan fingerprint density at radius 3 is 2.40 bits per heavy atom. The summed E-state index contributed by atoms with van der Waals surface area (Å²) in [6, 6.07) is 0.277. The van der Waals surface area contributed by atoms with Gasteiger partial charge in [0, 0.05) is 25.4 Å². The van der Waals surface area contributed by atoms with Gasteiger partial charge in [0.15, 0.2) is 15.8 Å². The Morgan fingerprint density at radius 1 is 1.40 bits per heavy atom. The third kappa shape index (κ3) is 7.18. The largest absolute Gasteiger partial charge is 0.355 e. The first-order chi connectivity index (χ1) is 6.91. The van der Waals surface area contributed by atoms with Crippen LogP contribution in [0.4, 0.5) is 0 Å². The van der Waals surface area contributed by atoms with Crippen LogP contribution in [0.2, 0.25) is 0 Å². The van der Waals surface area contributed by atoms with E-state index in [1.54, 1.807) is 14.0 Å². The summed E-state index contributed by atoms with van der Waals surface area (Å²) in [7, 11) is -1.24. The van der Waals surface area contributed by atoms with Gasteiger partial charge in [-0.15, -0.1) is 0 Å². The van der Waals surface area contributed by atoms with E-state index in [0.717, 1.165) is 0 Å². The number of nitrogens with zero attached hydrogens (tertiary/aromatic N) is 1. The Kier molecular flexibility index (Phi) is 6.31. The van der Waals surface area contributed by atoms with Crippen LogP contribution < -0.4 is 10.6 Å². The second kappa shape index (κ2) is 6.66. The molecule has 0 spiro atoms. The summed E-state index contributed by atoms with van der Waals surface area (Å²) in [6.45, 7) is 6.03. The highest BCUT2D eigenvalue weighted by Crippen LogP contribution is 1.87. The molecule has 0 unspecified atom stereocenters. The van der Waals surface area contributed by atoms with Crippen LogP contribution in [0.3, 0.4) is 0 Å². The number of aliphatic imine (C=N–C) groups is 1. The van der Waals surface area contributed by atoms with Crippen molar-refractivity contribution in [3.8, 4) is 0 Å². The molecule has 5 nitrogen and oxygen atoms in total. The van der Waals surface area contributed by atoms with Gasteiger partial charge in [0.25, 0.3) is 0 Å². The highest BCUT2D eigenvalue weighted by atomic mass is 32.2. The molecule has 0 aromatic carbocycles. The minimum absolute atomic E-state index is 0.141. The zero-order valence-corrected chi connectivity index (χ0v) is 10.7. The Balaban J connectivity index is 3.94. The first-order valence-electron chi connectivity index (χ1n) is 5.09. The molecule has 0 rings (SSSR count). The van der Waals surface area contributed by atoms with Crippen molar-refractivity contribution in [1.29, 1.82) is 0 Å². The molecule has 0 aliphatic carbocycles. The van der Waals surface area contributed by atoms with Crippen molar-refractivity contribution in [1.82, 2.24) is 10.6 Å². The lowest BCUT2D eigenvalue weighted by Gasteiger charge is -2.14. The molecule has 6 heteroatoms. The van der Waals surface area contributed by atoms with Crippen molar-refractivity contribution in [2.45, 2.75) is 26.8 Å². The van der Waals surface area contributed by atoms with Gasteiger partial charge in [-0.05, 0) is 13.8 Å². The highest BCUT2D eigenvalue weighted by Gasteiger charge is 2.07. The summed E-state index contributed by atoms with van der Waals surface area (Å²) >= 11 is 0. The van der Waals surface area contributed by atoms with Crippen LogP contribution in [0, 0.1) is 0 Å². The minimum atomic E-state index is -2.90. The molecule has 0 saturated carbocycles. The van der Waals surface area contributed by atoms with E-state index in [1.165, 1.54) is 0 Å². The molecule has 2 N–H and O–H groups in total. The number of guanidine groups is 1. The lowest BCUT2D eigenvalue weighted by Crippen LogP contribution is -2.42. The topological polar surface area (TPSA) is 70.6 Å². The molecule has 0 saturated heterocycles. The van der Waals surface area contributed by atoms with Gasteiger partial charge in [-0.25, -0.2) is 8.42 Å². The van der Waals surface area contributed by atoms with Crippen molar-refractivity contribution in [3.63, 3.8) is 0 Å².